The molecule has 0 bridgehead atoms. The van der Waals surface area contributed by atoms with E-state index in [9.17, 15) is 4.79 Å². The number of benzene rings is 1. The maximum atomic E-state index is 11.9. The van der Waals surface area contributed by atoms with Crippen LogP contribution >= 0.6 is 12.2 Å². The van der Waals surface area contributed by atoms with E-state index in [2.05, 4.69) is 37.0 Å². The minimum absolute atomic E-state index is 0.0946. The van der Waals surface area contributed by atoms with Crippen LogP contribution in [0.1, 0.15) is 18.9 Å². The quantitative estimate of drug-likeness (QED) is 0.407. The third kappa shape index (κ3) is 7.38. The number of hydrogen-bond acceptors (Lipinski definition) is 2. The largest absolute Gasteiger partial charge is 0.363 e. The predicted molar refractivity (Wildman–Crippen MR) is 95.3 cm³/mol. The summed E-state index contributed by atoms with van der Waals surface area (Å²) < 4.78 is 0. The highest BCUT2D eigenvalue weighted by atomic mass is 32.1. The number of hydrogen-bond donors (Lipinski definition) is 4. The number of aryl methyl sites for hydroxylation is 1. The van der Waals surface area contributed by atoms with Crippen LogP contribution in [0.3, 0.4) is 0 Å². The van der Waals surface area contributed by atoms with Crippen LogP contribution in [0.15, 0.2) is 24.3 Å². The van der Waals surface area contributed by atoms with Crippen molar-refractivity contribution in [2.24, 2.45) is 0 Å². The molecule has 0 unspecified atom stereocenters. The first kappa shape index (κ1) is 18.4. The Morgan fingerprint density at radius 1 is 1.23 bits per heavy atom. The molecule has 1 aromatic carbocycles. The Bertz CT molecular complexity index is 491. The summed E-state index contributed by atoms with van der Waals surface area (Å²) >= 11 is 5.16. The summed E-state index contributed by atoms with van der Waals surface area (Å²) in [6.45, 7) is 4.14. The molecule has 0 fully saturated rings. The molecule has 5 nitrogen and oxygen atoms in total. The average molecular weight is 323 g/mol. The van der Waals surface area contributed by atoms with Crippen molar-refractivity contribution < 1.29 is 9.69 Å². The molecule has 0 radical (unpaired) electrons. The Morgan fingerprint density at radius 3 is 2.64 bits per heavy atom. The van der Waals surface area contributed by atoms with Crippen molar-refractivity contribution in [1.82, 2.24) is 10.6 Å². The van der Waals surface area contributed by atoms with Gasteiger partial charge in [0.15, 0.2) is 5.11 Å². The van der Waals surface area contributed by atoms with Gasteiger partial charge in [-0.3, -0.25) is 4.79 Å². The molecular weight excluding hydrogens is 296 g/mol. The van der Waals surface area contributed by atoms with Gasteiger partial charge in [-0.2, -0.15) is 0 Å². The summed E-state index contributed by atoms with van der Waals surface area (Å²) in [5, 5.41) is 9.46. The molecule has 1 aromatic rings. The summed E-state index contributed by atoms with van der Waals surface area (Å²) in [5.74, 6) is -0.0946. The first-order valence-corrected chi connectivity index (χ1v) is 8.12. The standard InChI is InChI=1S/C16H26N4OS/c1-4-13-8-5-6-9-14(13)19-15(21)12-18-16(22)17-10-7-11-20(2)3/h5-6,8-9H,4,7,10-12H2,1-3H3,(H,19,21)(H2,17,18,22)/p+1. The molecule has 4 N–H and O–H groups in total. The van der Waals surface area contributed by atoms with Crippen molar-refractivity contribution in [3.63, 3.8) is 0 Å². The molecule has 0 spiro atoms. The summed E-state index contributed by atoms with van der Waals surface area (Å²) in [6, 6.07) is 7.82. The van der Waals surface area contributed by atoms with Crippen LogP contribution in [-0.2, 0) is 11.2 Å². The lowest BCUT2D eigenvalue weighted by Crippen LogP contribution is -3.05. The van der Waals surface area contributed by atoms with Crippen molar-refractivity contribution in [2.45, 2.75) is 19.8 Å². The van der Waals surface area contributed by atoms with E-state index in [1.807, 2.05) is 24.3 Å². The number of carbonyl (C=O) groups excluding carboxylic acids is 1. The first-order valence-electron chi connectivity index (χ1n) is 7.71. The van der Waals surface area contributed by atoms with Crippen molar-refractivity contribution >= 4 is 28.9 Å². The van der Waals surface area contributed by atoms with Gasteiger partial charge in [-0.25, -0.2) is 0 Å². The molecule has 0 aliphatic rings. The number of carbonyl (C=O) groups is 1. The maximum absolute atomic E-state index is 11.9. The molecule has 0 aliphatic heterocycles. The molecule has 0 saturated carbocycles. The van der Waals surface area contributed by atoms with Crippen LogP contribution in [0.4, 0.5) is 5.69 Å². The predicted octanol–water partition coefficient (Wildman–Crippen LogP) is 0.186. The molecule has 0 atom stereocenters. The van der Waals surface area contributed by atoms with E-state index in [1.54, 1.807) is 0 Å². The number of thiocarbonyl (C=S) groups is 1. The number of anilines is 1. The van der Waals surface area contributed by atoms with Gasteiger partial charge < -0.3 is 20.9 Å². The van der Waals surface area contributed by atoms with E-state index in [0.717, 1.165) is 37.2 Å². The molecule has 0 aromatic heterocycles. The first-order chi connectivity index (χ1) is 10.5. The fourth-order valence-electron chi connectivity index (χ4n) is 2.01. The van der Waals surface area contributed by atoms with Gasteiger partial charge in [0.1, 0.15) is 0 Å². The van der Waals surface area contributed by atoms with E-state index >= 15 is 0 Å². The second-order valence-corrected chi connectivity index (χ2v) is 5.89. The fraction of sp³-hybridized carbons (Fsp3) is 0.500. The second-order valence-electron chi connectivity index (χ2n) is 5.48. The van der Waals surface area contributed by atoms with Gasteiger partial charge in [0.05, 0.1) is 27.2 Å². The van der Waals surface area contributed by atoms with E-state index < -0.39 is 0 Å². The van der Waals surface area contributed by atoms with Crippen LogP contribution in [0.5, 0.6) is 0 Å². The SMILES string of the molecule is CCc1ccccc1NC(=O)CNC(=S)NCCC[NH+](C)C. The highest BCUT2D eigenvalue weighted by Crippen LogP contribution is 2.14. The lowest BCUT2D eigenvalue weighted by atomic mass is 10.1. The Hall–Kier alpha value is -1.66. The molecule has 1 rings (SSSR count). The van der Waals surface area contributed by atoms with E-state index in [4.69, 9.17) is 12.2 Å². The van der Waals surface area contributed by atoms with Crippen molar-refractivity contribution in [2.75, 3.05) is 39.0 Å². The van der Waals surface area contributed by atoms with Gasteiger partial charge in [-0.15, -0.1) is 0 Å². The maximum Gasteiger partial charge on any atom is 0.243 e. The molecule has 0 heterocycles. The Balaban J connectivity index is 2.26. The van der Waals surface area contributed by atoms with Crippen molar-refractivity contribution in [3.05, 3.63) is 29.8 Å². The summed E-state index contributed by atoms with van der Waals surface area (Å²) in [6.07, 6.45) is 1.93. The molecule has 0 aliphatic carbocycles. The van der Waals surface area contributed by atoms with E-state index in [0.29, 0.717) is 5.11 Å². The van der Waals surface area contributed by atoms with Gasteiger partial charge in [-0.1, -0.05) is 25.1 Å². The summed E-state index contributed by atoms with van der Waals surface area (Å²) in [7, 11) is 4.24. The Labute approximate surface area is 138 Å². The Kier molecular flexibility index (Phi) is 8.47. The molecule has 0 saturated heterocycles. The van der Waals surface area contributed by atoms with Crippen LogP contribution < -0.4 is 20.9 Å². The molecule has 1 amide bonds. The lowest BCUT2D eigenvalue weighted by molar-refractivity contribution is -0.858. The summed E-state index contributed by atoms with van der Waals surface area (Å²) in [4.78, 5) is 13.4. The molecule has 122 valence electrons. The highest BCUT2D eigenvalue weighted by Gasteiger charge is 2.06. The van der Waals surface area contributed by atoms with Gasteiger partial charge in [-0.05, 0) is 30.3 Å². The topological polar surface area (TPSA) is 57.6 Å². The lowest BCUT2D eigenvalue weighted by Gasteiger charge is -2.13. The highest BCUT2D eigenvalue weighted by molar-refractivity contribution is 7.80. The van der Waals surface area contributed by atoms with Crippen LogP contribution in [-0.4, -0.2) is 44.7 Å². The zero-order chi connectivity index (χ0) is 16.4. The van der Waals surface area contributed by atoms with Gasteiger partial charge in [0, 0.05) is 18.7 Å². The minimum atomic E-state index is -0.0946. The van der Waals surface area contributed by atoms with Crippen molar-refractivity contribution in [1.29, 1.82) is 0 Å². The van der Waals surface area contributed by atoms with Crippen LogP contribution in [0, 0.1) is 0 Å². The van der Waals surface area contributed by atoms with Gasteiger partial charge in [0.25, 0.3) is 0 Å². The summed E-state index contributed by atoms with van der Waals surface area (Å²) in [5.41, 5.74) is 1.99. The van der Waals surface area contributed by atoms with E-state index in [-0.39, 0.29) is 12.5 Å². The zero-order valence-corrected chi connectivity index (χ0v) is 14.5. The number of rotatable bonds is 8. The minimum Gasteiger partial charge on any atom is -0.363 e. The van der Waals surface area contributed by atoms with Crippen LogP contribution in [0.2, 0.25) is 0 Å². The average Bonchev–Trinajstić information content (AvgIpc) is 2.50. The van der Waals surface area contributed by atoms with E-state index in [1.165, 1.54) is 4.90 Å². The number of quaternary nitrogens is 1. The molecule has 6 heteroatoms. The van der Waals surface area contributed by atoms with Gasteiger partial charge >= 0.3 is 0 Å². The normalized spacial score (nSPS) is 10.4. The van der Waals surface area contributed by atoms with Crippen molar-refractivity contribution in [3.8, 4) is 0 Å². The molecular formula is C16H27N4OS+. The van der Waals surface area contributed by atoms with Crippen LogP contribution in [0.25, 0.3) is 0 Å². The monoisotopic (exact) mass is 323 g/mol. The second kappa shape index (κ2) is 10.1. The third-order valence-corrected chi connectivity index (χ3v) is 3.51. The smallest absolute Gasteiger partial charge is 0.243 e. The van der Waals surface area contributed by atoms with Gasteiger partial charge in [0.2, 0.25) is 5.91 Å². The number of amides is 1. The zero-order valence-electron chi connectivity index (χ0n) is 13.7. The fourth-order valence-corrected chi connectivity index (χ4v) is 2.19. The third-order valence-electron chi connectivity index (χ3n) is 3.22. The molecule has 22 heavy (non-hydrogen) atoms. The Morgan fingerprint density at radius 2 is 1.95 bits per heavy atom. The number of para-hydroxylation sites is 1. The number of nitrogens with one attached hydrogen (secondary N) is 4.